The summed E-state index contributed by atoms with van der Waals surface area (Å²) in [6, 6.07) is 1.96. The highest BCUT2D eigenvalue weighted by Gasteiger charge is 2.45. The van der Waals surface area contributed by atoms with Gasteiger partial charge in [-0.2, -0.15) is 11.3 Å². The van der Waals surface area contributed by atoms with Gasteiger partial charge in [-0.05, 0) is 40.3 Å². The number of amides is 2. The lowest BCUT2D eigenvalue weighted by molar-refractivity contribution is -0.150. The summed E-state index contributed by atoms with van der Waals surface area (Å²) >= 11 is 1.59. The van der Waals surface area contributed by atoms with E-state index < -0.39 is 35.5 Å². The molecule has 0 spiro atoms. The SMILES string of the molecule is COC(=O)N[C@H](C(=O)N1C[C@H](COc2cncc(-c3ccsc3)c2)C[C@H]1C(=O)O)C(C)(C)C. The Labute approximate surface area is 196 Å². The zero-order valence-electron chi connectivity index (χ0n) is 19.1. The molecule has 1 fully saturated rings. The second-order valence-corrected chi connectivity index (χ2v) is 9.89. The van der Waals surface area contributed by atoms with Crippen LogP contribution >= 0.6 is 11.3 Å². The molecule has 178 valence electrons. The smallest absolute Gasteiger partial charge is 0.407 e. The predicted octanol–water partition coefficient (Wildman–Crippen LogP) is 3.26. The van der Waals surface area contributed by atoms with Crippen molar-refractivity contribution in [1.82, 2.24) is 15.2 Å². The molecule has 3 heterocycles. The number of aliphatic carboxylic acids is 1. The summed E-state index contributed by atoms with van der Waals surface area (Å²) in [4.78, 5) is 42.5. The van der Waals surface area contributed by atoms with Gasteiger partial charge in [-0.1, -0.05) is 20.8 Å². The summed E-state index contributed by atoms with van der Waals surface area (Å²) in [7, 11) is 1.21. The van der Waals surface area contributed by atoms with Crippen LogP contribution in [-0.2, 0) is 14.3 Å². The molecule has 10 heteroatoms. The molecular formula is C23H29N3O6S. The Morgan fingerprint density at radius 3 is 2.67 bits per heavy atom. The molecule has 33 heavy (non-hydrogen) atoms. The van der Waals surface area contributed by atoms with Gasteiger partial charge in [0.25, 0.3) is 0 Å². The van der Waals surface area contributed by atoms with Gasteiger partial charge < -0.3 is 24.8 Å². The first kappa shape index (κ1) is 24.5. The number of aromatic nitrogens is 1. The van der Waals surface area contributed by atoms with Crippen LogP contribution in [0.1, 0.15) is 27.2 Å². The molecule has 0 aromatic carbocycles. The molecule has 0 unspecified atom stereocenters. The van der Waals surface area contributed by atoms with Crippen molar-refractivity contribution < 1.29 is 29.0 Å². The summed E-state index contributed by atoms with van der Waals surface area (Å²) < 4.78 is 10.6. The summed E-state index contributed by atoms with van der Waals surface area (Å²) in [6.45, 7) is 5.85. The van der Waals surface area contributed by atoms with Crippen LogP contribution in [0, 0.1) is 11.3 Å². The third kappa shape index (κ3) is 6.01. The highest BCUT2D eigenvalue weighted by Crippen LogP contribution is 2.30. The van der Waals surface area contributed by atoms with Gasteiger partial charge in [0.1, 0.15) is 17.8 Å². The van der Waals surface area contributed by atoms with Crippen LogP contribution in [0.25, 0.3) is 11.1 Å². The molecule has 2 aromatic heterocycles. The minimum Gasteiger partial charge on any atom is -0.492 e. The summed E-state index contributed by atoms with van der Waals surface area (Å²) in [5.74, 6) is -1.14. The number of carbonyl (C=O) groups excluding carboxylic acids is 2. The minimum absolute atomic E-state index is 0.182. The topological polar surface area (TPSA) is 118 Å². The first-order chi connectivity index (χ1) is 15.6. The van der Waals surface area contributed by atoms with E-state index in [4.69, 9.17) is 4.74 Å². The molecule has 1 aliphatic rings. The Morgan fingerprint density at radius 2 is 2.06 bits per heavy atom. The van der Waals surface area contributed by atoms with E-state index in [0.717, 1.165) is 11.1 Å². The van der Waals surface area contributed by atoms with Crippen molar-refractivity contribution in [3.05, 3.63) is 35.3 Å². The first-order valence-corrected chi connectivity index (χ1v) is 11.5. The van der Waals surface area contributed by atoms with E-state index in [1.807, 2.05) is 22.9 Å². The number of hydrogen-bond donors (Lipinski definition) is 2. The fraction of sp³-hybridized carbons (Fsp3) is 0.478. The van der Waals surface area contributed by atoms with Gasteiger partial charge in [0.2, 0.25) is 5.91 Å². The normalized spacial score (nSPS) is 19.1. The van der Waals surface area contributed by atoms with Crippen molar-refractivity contribution >= 4 is 29.3 Å². The number of methoxy groups -OCH3 is 1. The summed E-state index contributed by atoms with van der Waals surface area (Å²) in [5.41, 5.74) is 1.34. The van der Waals surface area contributed by atoms with Crippen molar-refractivity contribution in [2.24, 2.45) is 11.3 Å². The monoisotopic (exact) mass is 475 g/mol. The molecule has 1 aliphatic heterocycles. The predicted molar refractivity (Wildman–Crippen MR) is 123 cm³/mol. The van der Waals surface area contributed by atoms with Gasteiger partial charge in [0, 0.05) is 24.2 Å². The maximum atomic E-state index is 13.3. The molecule has 3 atom stereocenters. The van der Waals surface area contributed by atoms with Crippen LogP contribution < -0.4 is 10.1 Å². The van der Waals surface area contributed by atoms with E-state index in [2.05, 4.69) is 15.0 Å². The lowest BCUT2D eigenvalue weighted by atomic mass is 9.85. The number of carbonyl (C=O) groups is 3. The van der Waals surface area contributed by atoms with Gasteiger partial charge in [-0.25, -0.2) is 9.59 Å². The molecule has 0 aliphatic carbocycles. The molecule has 0 saturated carbocycles. The quantitative estimate of drug-likeness (QED) is 0.631. The number of ether oxygens (including phenoxy) is 2. The second-order valence-electron chi connectivity index (χ2n) is 9.11. The Hall–Kier alpha value is -3.14. The van der Waals surface area contributed by atoms with Gasteiger partial charge in [-0.15, -0.1) is 0 Å². The zero-order chi connectivity index (χ0) is 24.2. The zero-order valence-corrected chi connectivity index (χ0v) is 19.9. The number of rotatable bonds is 7. The van der Waals surface area contributed by atoms with Crippen LogP contribution in [0.2, 0.25) is 0 Å². The molecule has 1 saturated heterocycles. The first-order valence-electron chi connectivity index (χ1n) is 10.6. The van der Waals surface area contributed by atoms with Gasteiger partial charge in [0.05, 0.1) is 19.9 Å². The maximum Gasteiger partial charge on any atom is 0.407 e. The number of pyridine rings is 1. The molecule has 2 aromatic rings. The molecule has 3 rings (SSSR count). The summed E-state index contributed by atoms with van der Waals surface area (Å²) in [5, 5.41) is 16.3. The van der Waals surface area contributed by atoms with Gasteiger partial charge in [-0.3, -0.25) is 9.78 Å². The van der Waals surface area contributed by atoms with Gasteiger partial charge in [0.15, 0.2) is 0 Å². The standard InChI is InChI=1S/C23H29N3O6S/c1-23(2,3)19(25-22(30)31-4)20(27)26-11-14(7-18(26)21(28)29)12-32-17-8-16(9-24-10-17)15-5-6-33-13-15/h5-6,8-10,13-14,18-19H,7,11-12H2,1-4H3,(H,25,30)(H,28,29)/t14-,18+,19-/m1/s1. The Balaban J connectivity index is 1.70. The molecule has 0 radical (unpaired) electrons. The number of nitrogens with zero attached hydrogens (tertiary/aromatic N) is 2. The fourth-order valence-electron chi connectivity index (χ4n) is 3.81. The highest BCUT2D eigenvalue weighted by molar-refractivity contribution is 7.08. The average molecular weight is 476 g/mol. The van der Waals surface area contributed by atoms with Crippen molar-refractivity contribution in [2.45, 2.75) is 39.3 Å². The van der Waals surface area contributed by atoms with Crippen LogP contribution in [-0.4, -0.2) is 65.3 Å². The molecule has 2 amide bonds. The van der Waals surface area contributed by atoms with E-state index in [-0.39, 0.29) is 25.5 Å². The van der Waals surface area contributed by atoms with E-state index in [1.54, 1.807) is 44.5 Å². The molecular weight excluding hydrogens is 446 g/mol. The lowest BCUT2D eigenvalue weighted by Gasteiger charge is -2.34. The van der Waals surface area contributed by atoms with Crippen molar-refractivity contribution in [3.63, 3.8) is 0 Å². The summed E-state index contributed by atoms with van der Waals surface area (Å²) in [6.07, 6.45) is 2.88. The van der Waals surface area contributed by atoms with Crippen molar-refractivity contribution in [1.29, 1.82) is 0 Å². The van der Waals surface area contributed by atoms with E-state index in [9.17, 15) is 19.5 Å². The molecule has 0 bridgehead atoms. The number of likely N-dealkylation sites (tertiary alicyclic amines) is 1. The van der Waals surface area contributed by atoms with Gasteiger partial charge >= 0.3 is 12.1 Å². The van der Waals surface area contributed by atoms with Crippen LogP contribution in [0.4, 0.5) is 4.79 Å². The number of carboxylic acids is 1. The fourth-order valence-corrected chi connectivity index (χ4v) is 4.48. The number of nitrogens with one attached hydrogen (secondary N) is 1. The lowest BCUT2D eigenvalue weighted by Crippen LogP contribution is -2.56. The third-order valence-electron chi connectivity index (χ3n) is 5.57. The van der Waals surface area contributed by atoms with E-state index in [1.165, 1.54) is 12.0 Å². The highest BCUT2D eigenvalue weighted by atomic mass is 32.1. The van der Waals surface area contributed by atoms with Crippen molar-refractivity contribution in [2.75, 3.05) is 20.3 Å². The van der Waals surface area contributed by atoms with Crippen molar-refractivity contribution in [3.8, 4) is 16.9 Å². The largest absolute Gasteiger partial charge is 0.492 e. The maximum absolute atomic E-state index is 13.3. The number of alkyl carbamates (subject to hydrolysis) is 1. The number of thiophene rings is 1. The Bertz CT molecular complexity index is 988. The van der Waals surface area contributed by atoms with Crippen LogP contribution in [0.5, 0.6) is 5.75 Å². The third-order valence-corrected chi connectivity index (χ3v) is 6.25. The van der Waals surface area contributed by atoms with E-state index >= 15 is 0 Å². The van der Waals surface area contributed by atoms with Crippen LogP contribution in [0.15, 0.2) is 35.3 Å². The molecule has 9 nitrogen and oxygen atoms in total. The minimum atomic E-state index is -1.09. The molecule has 2 N–H and O–H groups in total. The average Bonchev–Trinajstić information content (AvgIpc) is 3.45. The Morgan fingerprint density at radius 1 is 1.30 bits per heavy atom. The van der Waals surface area contributed by atoms with E-state index in [0.29, 0.717) is 5.75 Å². The Kier molecular flexibility index (Phi) is 7.57. The number of hydrogen-bond acceptors (Lipinski definition) is 7. The number of carboxylic acid groups (broad SMARTS) is 1. The van der Waals surface area contributed by atoms with Crippen LogP contribution in [0.3, 0.4) is 0 Å². The second kappa shape index (κ2) is 10.2.